The SMILES string of the molecule is CN(CCc1cn[nH]c1)C(=O)c1ccccc1N1CCC(=O)NC1=O. The Bertz CT molecular complexity index is 787. The molecular weight excluding hydrogens is 322 g/mol. The summed E-state index contributed by atoms with van der Waals surface area (Å²) in [5, 5.41) is 8.91. The van der Waals surface area contributed by atoms with Gasteiger partial charge >= 0.3 is 6.03 Å². The highest BCUT2D eigenvalue weighted by atomic mass is 16.2. The third kappa shape index (κ3) is 3.68. The van der Waals surface area contributed by atoms with Crippen LogP contribution in [0, 0.1) is 0 Å². The van der Waals surface area contributed by atoms with Crippen LogP contribution in [-0.4, -0.2) is 53.1 Å². The van der Waals surface area contributed by atoms with Crippen molar-refractivity contribution >= 4 is 23.5 Å². The predicted molar refractivity (Wildman–Crippen MR) is 91.2 cm³/mol. The number of rotatable bonds is 5. The summed E-state index contributed by atoms with van der Waals surface area (Å²) in [7, 11) is 1.72. The zero-order valence-electron chi connectivity index (χ0n) is 13.9. The third-order valence-electron chi connectivity index (χ3n) is 4.12. The van der Waals surface area contributed by atoms with Crippen molar-refractivity contribution in [1.29, 1.82) is 0 Å². The number of nitrogens with one attached hydrogen (secondary N) is 2. The molecule has 1 saturated heterocycles. The Morgan fingerprint density at radius 3 is 2.84 bits per heavy atom. The summed E-state index contributed by atoms with van der Waals surface area (Å²) in [6, 6.07) is 6.43. The van der Waals surface area contributed by atoms with E-state index in [1.165, 1.54) is 4.90 Å². The Morgan fingerprint density at radius 2 is 2.12 bits per heavy atom. The second-order valence-electron chi connectivity index (χ2n) is 5.86. The van der Waals surface area contributed by atoms with Crippen LogP contribution < -0.4 is 10.2 Å². The van der Waals surface area contributed by atoms with Crippen molar-refractivity contribution in [2.24, 2.45) is 0 Å². The van der Waals surface area contributed by atoms with Crippen molar-refractivity contribution in [3.05, 3.63) is 47.8 Å². The molecule has 2 aromatic rings. The number of amides is 4. The van der Waals surface area contributed by atoms with Crippen molar-refractivity contribution in [3.63, 3.8) is 0 Å². The Labute approximate surface area is 144 Å². The first-order valence-corrected chi connectivity index (χ1v) is 8.00. The topological polar surface area (TPSA) is 98.4 Å². The Morgan fingerprint density at radius 1 is 1.32 bits per heavy atom. The molecule has 0 bridgehead atoms. The van der Waals surface area contributed by atoms with E-state index in [0.29, 0.717) is 24.2 Å². The van der Waals surface area contributed by atoms with Gasteiger partial charge in [0.2, 0.25) is 5.91 Å². The van der Waals surface area contributed by atoms with E-state index in [2.05, 4.69) is 15.5 Å². The first-order chi connectivity index (χ1) is 12.1. The maximum Gasteiger partial charge on any atom is 0.328 e. The molecule has 25 heavy (non-hydrogen) atoms. The molecule has 0 spiro atoms. The van der Waals surface area contributed by atoms with Gasteiger partial charge < -0.3 is 4.90 Å². The minimum atomic E-state index is -0.502. The molecular formula is C17H19N5O3. The number of imide groups is 1. The number of aromatic amines is 1. The number of benzene rings is 1. The van der Waals surface area contributed by atoms with Gasteiger partial charge in [-0.1, -0.05) is 12.1 Å². The van der Waals surface area contributed by atoms with Gasteiger partial charge in [-0.25, -0.2) is 4.79 Å². The average Bonchev–Trinajstić information content (AvgIpc) is 3.13. The van der Waals surface area contributed by atoms with Crippen LogP contribution in [0.5, 0.6) is 0 Å². The molecule has 1 aliphatic rings. The molecule has 8 heteroatoms. The van der Waals surface area contributed by atoms with Crippen LogP contribution in [0.25, 0.3) is 0 Å². The number of H-pyrrole nitrogens is 1. The van der Waals surface area contributed by atoms with Crippen LogP contribution in [-0.2, 0) is 11.2 Å². The molecule has 1 aromatic heterocycles. The van der Waals surface area contributed by atoms with Gasteiger partial charge in [-0.2, -0.15) is 5.10 Å². The minimum absolute atomic E-state index is 0.177. The van der Waals surface area contributed by atoms with Crippen molar-refractivity contribution in [2.75, 3.05) is 25.0 Å². The highest BCUT2D eigenvalue weighted by Gasteiger charge is 2.28. The van der Waals surface area contributed by atoms with Crippen molar-refractivity contribution in [3.8, 4) is 0 Å². The van der Waals surface area contributed by atoms with Gasteiger partial charge in [-0.15, -0.1) is 0 Å². The lowest BCUT2D eigenvalue weighted by Crippen LogP contribution is -2.50. The predicted octanol–water partition coefficient (Wildman–Crippen LogP) is 1.17. The number of carbonyl (C=O) groups excluding carboxylic acids is 3. The quantitative estimate of drug-likeness (QED) is 0.853. The van der Waals surface area contributed by atoms with Gasteiger partial charge in [0.15, 0.2) is 0 Å². The summed E-state index contributed by atoms with van der Waals surface area (Å²) in [5.41, 5.74) is 1.95. The average molecular weight is 341 g/mol. The summed E-state index contributed by atoms with van der Waals surface area (Å²) in [5.74, 6) is -0.480. The van der Waals surface area contributed by atoms with Crippen LogP contribution in [0.1, 0.15) is 22.3 Å². The van der Waals surface area contributed by atoms with Gasteiger partial charge in [0, 0.05) is 32.8 Å². The van der Waals surface area contributed by atoms with Crippen LogP contribution in [0.4, 0.5) is 10.5 Å². The van der Waals surface area contributed by atoms with Gasteiger partial charge in [0.25, 0.3) is 5.91 Å². The molecule has 4 amide bonds. The van der Waals surface area contributed by atoms with Gasteiger partial charge in [0.1, 0.15) is 0 Å². The molecule has 0 aliphatic carbocycles. The summed E-state index contributed by atoms with van der Waals surface area (Å²) in [6.45, 7) is 0.783. The minimum Gasteiger partial charge on any atom is -0.341 e. The molecule has 2 N–H and O–H groups in total. The monoisotopic (exact) mass is 341 g/mol. The van der Waals surface area contributed by atoms with Crippen LogP contribution >= 0.6 is 0 Å². The maximum atomic E-state index is 12.8. The number of hydrogen-bond donors (Lipinski definition) is 2. The lowest BCUT2D eigenvalue weighted by molar-refractivity contribution is -0.120. The standard InChI is InChI=1S/C17H19N5O3/c1-21(8-6-12-10-18-19-11-12)16(24)13-4-2-3-5-14(13)22-9-7-15(23)20-17(22)25/h2-5,10-11H,6-9H2,1H3,(H,18,19)(H,20,23,25). The molecule has 3 rings (SSSR count). The number of carbonyl (C=O) groups is 3. The molecule has 2 heterocycles. The molecule has 8 nitrogen and oxygen atoms in total. The Balaban J connectivity index is 1.76. The largest absolute Gasteiger partial charge is 0.341 e. The smallest absolute Gasteiger partial charge is 0.328 e. The number of likely N-dealkylation sites (N-methyl/N-ethyl adjacent to an activating group) is 1. The van der Waals surface area contributed by atoms with Crippen molar-refractivity contribution < 1.29 is 14.4 Å². The van der Waals surface area contributed by atoms with Crippen LogP contribution in [0.3, 0.4) is 0 Å². The first-order valence-electron chi connectivity index (χ1n) is 8.00. The fourth-order valence-corrected chi connectivity index (χ4v) is 2.70. The number of urea groups is 1. The molecule has 1 fully saturated rings. The molecule has 130 valence electrons. The second-order valence-corrected chi connectivity index (χ2v) is 5.86. The first kappa shape index (κ1) is 16.7. The summed E-state index contributed by atoms with van der Waals surface area (Å²) < 4.78 is 0. The fraction of sp³-hybridized carbons (Fsp3) is 0.294. The molecule has 0 radical (unpaired) electrons. The zero-order valence-corrected chi connectivity index (χ0v) is 13.9. The number of hydrogen-bond acceptors (Lipinski definition) is 4. The highest BCUT2D eigenvalue weighted by molar-refractivity contribution is 6.09. The number of para-hydroxylation sites is 1. The lowest BCUT2D eigenvalue weighted by Gasteiger charge is -2.29. The summed E-state index contributed by atoms with van der Waals surface area (Å²) in [4.78, 5) is 39.3. The Hall–Kier alpha value is -3.16. The summed E-state index contributed by atoms with van der Waals surface area (Å²) in [6.07, 6.45) is 4.41. The van der Waals surface area contributed by atoms with Gasteiger partial charge in [0.05, 0.1) is 17.4 Å². The van der Waals surface area contributed by atoms with Crippen LogP contribution in [0.2, 0.25) is 0 Å². The molecule has 0 unspecified atom stereocenters. The van der Waals surface area contributed by atoms with E-state index < -0.39 is 6.03 Å². The van der Waals surface area contributed by atoms with E-state index in [1.54, 1.807) is 48.6 Å². The van der Waals surface area contributed by atoms with E-state index in [0.717, 1.165) is 5.56 Å². The second kappa shape index (κ2) is 7.16. The van der Waals surface area contributed by atoms with E-state index in [1.807, 2.05) is 0 Å². The number of nitrogens with zero attached hydrogens (tertiary/aromatic N) is 3. The number of aromatic nitrogens is 2. The van der Waals surface area contributed by atoms with Gasteiger partial charge in [-0.05, 0) is 24.1 Å². The zero-order chi connectivity index (χ0) is 17.8. The van der Waals surface area contributed by atoms with E-state index >= 15 is 0 Å². The molecule has 1 aromatic carbocycles. The van der Waals surface area contributed by atoms with E-state index in [4.69, 9.17) is 0 Å². The summed E-state index contributed by atoms with van der Waals surface area (Å²) >= 11 is 0. The Kier molecular flexibility index (Phi) is 4.78. The maximum absolute atomic E-state index is 12.8. The normalized spacial score (nSPS) is 14.4. The van der Waals surface area contributed by atoms with E-state index in [-0.39, 0.29) is 24.8 Å². The van der Waals surface area contributed by atoms with Crippen molar-refractivity contribution in [1.82, 2.24) is 20.4 Å². The molecule has 0 atom stereocenters. The highest BCUT2D eigenvalue weighted by Crippen LogP contribution is 2.23. The fourth-order valence-electron chi connectivity index (χ4n) is 2.70. The molecule has 1 aliphatic heterocycles. The molecule has 0 saturated carbocycles. The lowest BCUT2D eigenvalue weighted by atomic mass is 10.1. The number of anilines is 1. The van der Waals surface area contributed by atoms with Gasteiger partial charge in [-0.3, -0.25) is 24.9 Å². The van der Waals surface area contributed by atoms with E-state index in [9.17, 15) is 14.4 Å². The third-order valence-corrected chi connectivity index (χ3v) is 4.12. The van der Waals surface area contributed by atoms with Crippen molar-refractivity contribution in [2.45, 2.75) is 12.8 Å². The van der Waals surface area contributed by atoms with Crippen LogP contribution in [0.15, 0.2) is 36.7 Å².